The van der Waals surface area contributed by atoms with Crippen molar-refractivity contribution in [2.75, 3.05) is 13.6 Å². The fraction of sp³-hybridized carbons (Fsp3) is 0.455. The molecule has 0 spiro atoms. The molecule has 0 bridgehead atoms. The highest BCUT2D eigenvalue weighted by atomic mass is 16.3. The van der Waals surface area contributed by atoms with Crippen LogP contribution in [0.3, 0.4) is 0 Å². The zero-order chi connectivity index (χ0) is 11.1. The molecule has 0 saturated carbocycles. The molecule has 1 fully saturated rings. The predicted octanol–water partition coefficient (Wildman–Crippen LogP) is 1.55. The minimum atomic E-state index is -0.250. The standard InChI is InChI=1S/C10H14N2.CH2O2/c1-12-7-3-5-10(12)9-4-2-6-11-8-9;2-1-3/h2,4,6,8,10H,3,5,7H2,1H3;1H,(H,2,3). The Morgan fingerprint density at radius 3 is 2.87 bits per heavy atom. The first kappa shape index (κ1) is 11.7. The van der Waals surface area contributed by atoms with Crippen LogP contribution in [0, 0.1) is 0 Å². The van der Waals surface area contributed by atoms with Gasteiger partial charge in [-0.25, -0.2) is 0 Å². The molecule has 0 aliphatic carbocycles. The third-order valence-corrected chi connectivity index (χ3v) is 2.59. The van der Waals surface area contributed by atoms with Crippen molar-refractivity contribution in [1.29, 1.82) is 0 Å². The van der Waals surface area contributed by atoms with Crippen LogP contribution < -0.4 is 0 Å². The lowest BCUT2D eigenvalue weighted by atomic mass is 10.1. The molecular weight excluding hydrogens is 192 g/mol. The molecular formula is C11H16N2O2. The maximum Gasteiger partial charge on any atom is 0.290 e. The quantitative estimate of drug-likeness (QED) is 0.711. The van der Waals surface area contributed by atoms with E-state index in [1.165, 1.54) is 24.9 Å². The molecule has 15 heavy (non-hydrogen) atoms. The zero-order valence-electron chi connectivity index (χ0n) is 8.84. The Hall–Kier alpha value is -1.42. The van der Waals surface area contributed by atoms with Gasteiger partial charge in [-0.2, -0.15) is 0 Å². The number of hydrogen-bond acceptors (Lipinski definition) is 3. The van der Waals surface area contributed by atoms with Crippen LogP contribution in [-0.4, -0.2) is 35.1 Å². The molecule has 1 aliphatic rings. The summed E-state index contributed by atoms with van der Waals surface area (Å²) < 4.78 is 0. The van der Waals surface area contributed by atoms with Crippen LogP contribution in [0.25, 0.3) is 0 Å². The SMILES string of the molecule is CN1CCCC1c1cccnc1.O=CO. The first-order valence-corrected chi connectivity index (χ1v) is 4.97. The third kappa shape index (κ3) is 3.32. The number of carbonyl (C=O) groups is 1. The van der Waals surface area contributed by atoms with E-state index in [0.29, 0.717) is 6.04 Å². The predicted molar refractivity (Wildman–Crippen MR) is 57.5 cm³/mol. The molecule has 82 valence electrons. The number of hydrogen-bond donors (Lipinski definition) is 1. The number of pyridine rings is 1. The van der Waals surface area contributed by atoms with E-state index in [1.54, 1.807) is 0 Å². The number of aromatic nitrogens is 1. The molecule has 4 heteroatoms. The van der Waals surface area contributed by atoms with Crippen molar-refractivity contribution in [2.24, 2.45) is 0 Å². The molecule has 1 unspecified atom stereocenters. The van der Waals surface area contributed by atoms with Crippen molar-refractivity contribution in [1.82, 2.24) is 9.88 Å². The van der Waals surface area contributed by atoms with Crippen molar-refractivity contribution in [2.45, 2.75) is 18.9 Å². The summed E-state index contributed by atoms with van der Waals surface area (Å²) in [4.78, 5) is 14.9. The maximum absolute atomic E-state index is 8.36. The van der Waals surface area contributed by atoms with Gasteiger partial charge in [0.05, 0.1) is 0 Å². The second-order valence-corrected chi connectivity index (χ2v) is 3.53. The van der Waals surface area contributed by atoms with Gasteiger partial charge in [0.2, 0.25) is 0 Å². The van der Waals surface area contributed by atoms with Crippen molar-refractivity contribution >= 4 is 6.47 Å². The first-order chi connectivity index (χ1) is 7.29. The summed E-state index contributed by atoms with van der Waals surface area (Å²) in [5.74, 6) is 0. The van der Waals surface area contributed by atoms with Crippen LogP contribution in [0.15, 0.2) is 24.5 Å². The Morgan fingerprint density at radius 2 is 2.40 bits per heavy atom. The Kier molecular flexibility index (Phi) is 4.77. The van der Waals surface area contributed by atoms with E-state index in [0.717, 1.165) is 0 Å². The van der Waals surface area contributed by atoms with Crippen molar-refractivity contribution < 1.29 is 9.90 Å². The molecule has 1 aliphatic heterocycles. The number of nitrogens with zero attached hydrogens (tertiary/aromatic N) is 2. The van der Waals surface area contributed by atoms with Crippen LogP contribution in [0.5, 0.6) is 0 Å². The van der Waals surface area contributed by atoms with Gasteiger partial charge in [-0.15, -0.1) is 0 Å². The molecule has 1 atom stereocenters. The average molecular weight is 208 g/mol. The van der Waals surface area contributed by atoms with Gasteiger partial charge in [-0.1, -0.05) is 6.07 Å². The summed E-state index contributed by atoms with van der Waals surface area (Å²) in [6.45, 7) is 0.972. The van der Waals surface area contributed by atoms with Gasteiger partial charge >= 0.3 is 0 Å². The van der Waals surface area contributed by atoms with E-state index in [-0.39, 0.29) is 6.47 Å². The summed E-state index contributed by atoms with van der Waals surface area (Å²) >= 11 is 0. The van der Waals surface area contributed by atoms with E-state index in [1.807, 2.05) is 18.5 Å². The largest absolute Gasteiger partial charge is 0.483 e. The highest BCUT2D eigenvalue weighted by molar-refractivity contribution is 5.32. The molecule has 1 aromatic heterocycles. The van der Waals surface area contributed by atoms with E-state index < -0.39 is 0 Å². The summed E-state index contributed by atoms with van der Waals surface area (Å²) in [6, 6.07) is 4.79. The molecule has 1 N–H and O–H groups in total. The first-order valence-electron chi connectivity index (χ1n) is 4.97. The molecule has 0 aromatic carbocycles. The van der Waals surface area contributed by atoms with Crippen molar-refractivity contribution in [3.8, 4) is 0 Å². The lowest BCUT2D eigenvalue weighted by Gasteiger charge is -2.18. The van der Waals surface area contributed by atoms with Crippen LogP contribution in [0.4, 0.5) is 0 Å². The van der Waals surface area contributed by atoms with Crippen LogP contribution >= 0.6 is 0 Å². The van der Waals surface area contributed by atoms with E-state index in [2.05, 4.69) is 23.0 Å². The maximum atomic E-state index is 8.36. The van der Waals surface area contributed by atoms with Crippen LogP contribution in [-0.2, 0) is 4.79 Å². The summed E-state index contributed by atoms with van der Waals surface area (Å²) in [5, 5.41) is 6.89. The van der Waals surface area contributed by atoms with Gasteiger partial charge in [0.15, 0.2) is 0 Å². The lowest BCUT2D eigenvalue weighted by molar-refractivity contribution is -0.122. The van der Waals surface area contributed by atoms with Crippen LogP contribution in [0.2, 0.25) is 0 Å². The van der Waals surface area contributed by atoms with E-state index >= 15 is 0 Å². The van der Waals surface area contributed by atoms with Gasteiger partial charge in [0, 0.05) is 18.4 Å². The molecule has 2 rings (SSSR count). The number of rotatable bonds is 1. The molecule has 4 nitrogen and oxygen atoms in total. The Morgan fingerprint density at radius 1 is 1.67 bits per heavy atom. The van der Waals surface area contributed by atoms with Gasteiger partial charge in [0.1, 0.15) is 0 Å². The topological polar surface area (TPSA) is 53.4 Å². The van der Waals surface area contributed by atoms with Crippen LogP contribution in [0.1, 0.15) is 24.4 Å². The second kappa shape index (κ2) is 6.14. The highest BCUT2D eigenvalue weighted by Crippen LogP contribution is 2.29. The minimum absolute atomic E-state index is 0.250. The normalized spacial score (nSPS) is 20.5. The molecule has 2 heterocycles. The van der Waals surface area contributed by atoms with Gasteiger partial charge in [-0.05, 0) is 38.1 Å². The fourth-order valence-electron chi connectivity index (χ4n) is 1.90. The summed E-state index contributed by atoms with van der Waals surface area (Å²) in [6.07, 6.45) is 6.41. The van der Waals surface area contributed by atoms with E-state index in [9.17, 15) is 0 Å². The smallest absolute Gasteiger partial charge is 0.290 e. The zero-order valence-corrected chi connectivity index (χ0v) is 8.84. The molecule has 1 aromatic rings. The summed E-state index contributed by atoms with van der Waals surface area (Å²) in [7, 11) is 2.19. The third-order valence-electron chi connectivity index (χ3n) is 2.59. The number of likely N-dealkylation sites (tertiary alicyclic amines) is 1. The Balaban J connectivity index is 0.000000337. The molecule has 0 amide bonds. The summed E-state index contributed by atoms with van der Waals surface area (Å²) in [5.41, 5.74) is 1.36. The van der Waals surface area contributed by atoms with Gasteiger partial charge in [0.25, 0.3) is 6.47 Å². The van der Waals surface area contributed by atoms with E-state index in [4.69, 9.17) is 9.90 Å². The average Bonchev–Trinajstić information content (AvgIpc) is 2.67. The second-order valence-electron chi connectivity index (χ2n) is 3.53. The van der Waals surface area contributed by atoms with Gasteiger partial charge < -0.3 is 5.11 Å². The monoisotopic (exact) mass is 208 g/mol. The fourth-order valence-corrected chi connectivity index (χ4v) is 1.90. The highest BCUT2D eigenvalue weighted by Gasteiger charge is 2.21. The van der Waals surface area contributed by atoms with Crippen molar-refractivity contribution in [3.63, 3.8) is 0 Å². The lowest BCUT2D eigenvalue weighted by Crippen LogP contribution is -2.17. The number of carboxylic acid groups (broad SMARTS) is 1. The molecule has 0 radical (unpaired) electrons. The minimum Gasteiger partial charge on any atom is -0.483 e. The molecule has 1 saturated heterocycles. The van der Waals surface area contributed by atoms with Crippen molar-refractivity contribution in [3.05, 3.63) is 30.1 Å². The van der Waals surface area contributed by atoms with Gasteiger partial charge in [-0.3, -0.25) is 14.7 Å². The Bertz CT molecular complexity index is 290. The Labute approximate surface area is 89.6 Å².